The van der Waals surface area contributed by atoms with Gasteiger partial charge in [0.05, 0.1) is 24.6 Å². The molecule has 132 valence electrons. The maximum atomic E-state index is 14.4. The van der Waals surface area contributed by atoms with Gasteiger partial charge in [-0.25, -0.2) is 9.37 Å². The molecule has 0 aliphatic carbocycles. The number of halogens is 1. The number of Topliss-reactive ketones (excluding diaryl/α,β-unsaturated/α-hetero) is 1. The maximum Gasteiger partial charge on any atom is 0.187 e. The van der Waals surface area contributed by atoms with Crippen molar-refractivity contribution in [3.05, 3.63) is 58.9 Å². The summed E-state index contributed by atoms with van der Waals surface area (Å²) in [6, 6.07) is 4.93. The second kappa shape index (κ2) is 7.80. The SMILES string of the molecule is CC(C)c1cncc(C(=O)Cc2ccc([C@H]3CNCCO3)cc2F)n1. The van der Waals surface area contributed by atoms with Gasteiger partial charge in [0.1, 0.15) is 11.5 Å². The number of carbonyl (C=O) groups is 1. The van der Waals surface area contributed by atoms with E-state index in [1.54, 1.807) is 12.3 Å². The zero-order valence-corrected chi connectivity index (χ0v) is 14.5. The van der Waals surface area contributed by atoms with Gasteiger partial charge in [-0.1, -0.05) is 26.0 Å². The minimum absolute atomic E-state index is 0.0356. The van der Waals surface area contributed by atoms with Crippen molar-refractivity contribution in [1.82, 2.24) is 15.3 Å². The summed E-state index contributed by atoms with van der Waals surface area (Å²) in [7, 11) is 0. The smallest absolute Gasteiger partial charge is 0.187 e. The Morgan fingerprint density at radius 3 is 2.92 bits per heavy atom. The van der Waals surface area contributed by atoms with Crippen molar-refractivity contribution >= 4 is 5.78 Å². The van der Waals surface area contributed by atoms with Crippen LogP contribution in [-0.4, -0.2) is 35.4 Å². The van der Waals surface area contributed by atoms with E-state index in [4.69, 9.17) is 4.74 Å². The summed E-state index contributed by atoms with van der Waals surface area (Å²) in [5.41, 5.74) is 2.16. The van der Waals surface area contributed by atoms with Crippen LogP contribution < -0.4 is 5.32 Å². The first-order chi connectivity index (χ1) is 12.0. The summed E-state index contributed by atoms with van der Waals surface area (Å²) in [5.74, 6) is -0.453. The van der Waals surface area contributed by atoms with E-state index < -0.39 is 5.82 Å². The highest BCUT2D eigenvalue weighted by Crippen LogP contribution is 2.22. The number of rotatable bonds is 5. The van der Waals surface area contributed by atoms with E-state index >= 15 is 0 Å². The molecule has 0 radical (unpaired) electrons. The molecular weight excluding hydrogens is 321 g/mol. The van der Waals surface area contributed by atoms with Gasteiger partial charge in [-0.3, -0.25) is 9.78 Å². The van der Waals surface area contributed by atoms with Gasteiger partial charge in [-0.15, -0.1) is 0 Å². The number of nitrogens with zero attached hydrogens (tertiary/aromatic N) is 2. The lowest BCUT2D eigenvalue weighted by Crippen LogP contribution is -2.33. The van der Waals surface area contributed by atoms with Gasteiger partial charge < -0.3 is 10.1 Å². The molecule has 5 nitrogen and oxygen atoms in total. The number of ketones is 1. The van der Waals surface area contributed by atoms with Gasteiger partial charge in [-0.2, -0.15) is 0 Å². The average Bonchev–Trinajstić information content (AvgIpc) is 2.64. The number of nitrogens with one attached hydrogen (secondary N) is 1. The van der Waals surface area contributed by atoms with E-state index in [2.05, 4.69) is 15.3 Å². The molecule has 6 heteroatoms. The highest BCUT2D eigenvalue weighted by molar-refractivity contribution is 5.95. The van der Waals surface area contributed by atoms with Crippen LogP contribution in [0.2, 0.25) is 0 Å². The predicted molar refractivity (Wildman–Crippen MR) is 92.1 cm³/mol. The van der Waals surface area contributed by atoms with E-state index in [9.17, 15) is 9.18 Å². The van der Waals surface area contributed by atoms with Crippen LogP contribution in [0.5, 0.6) is 0 Å². The van der Waals surface area contributed by atoms with E-state index in [0.29, 0.717) is 18.7 Å². The van der Waals surface area contributed by atoms with Crippen molar-refractivity contribution in [3.63, 3.8) is 0 Å². The molecule has 0 unspecified atom stereocenters. The monoisotopic (exact) mass is 343 g/mol. The van der Waals surface area contributed by atoms with Gasteiger partial charge in [-0.05, 0) is 23.1 Å². The zero-order chi connectivity index (χ0) is 17.8. The van der Waals surface area contributed by atoms with Gasteiger partial charge in [0.25, 0.3) is 0 Å². The molecule has 3 rings (SSSR count). The van der Waals surface area contributed by atoms with Crippen LogP contribution in [0.25, 0.3) is 0 Å². The third-order valence-electron chi connectivity index (χ3n) is 4.26. The Labute approximate surface area is 146 Å². The summed E-state index contributed by atoms with van der Waals surface area (Å²) in [4.78, 5) is 20.8. The molecule has 0 spiro atoms. The molecule has 1 fully saturated rings. The van der Waals surface area contributed by atoms with Crippen LogP contribution in [0, 0.1) is 5.82 Å². The molecule has 1 aromatic heterocycles. The van der Waals surface area contributed by atoms with Gasteiger partial charge >= 0.3 is 0 Å². The third-order valence-corrected chi connectivity index (χ3v) is 4.26. The molecule has 0 amide bonds. The summed E-state index contributed by atoms with van der Waals surface area (Å²) >= 11 is 0. The minimum Gasteiger partial charge on any atom is -0.371 e. The lowest BCUT2D eigenvalue weighted by Gasteiger charge is -2.24. The molecule has 0 bridgehead atoms. The molecule has 2 aromatic rings. The highest BCUT2D eigenvalue weighted by Gasteiger charge is 2.19. The fraction of sp³-hybridized carbons (Fsp3) is 0.421. The quantitative estimate of drug-likeness (QED) is 0.846. The molecule has 1 N–H and O–H groups in total. The van der Waals surface area contributed by atoms with Crippen molar-refractivity contribution < 1.29 is 13.9 Å². The number of carbonyl (C=O) groups excluding carboxylic acids is 1. The number of aromatic nitrogens is 2. The second-order valence-corrected chi connectivity index (χ2v) is 6.50. The standard InChI is InChI=1S/C19H22FN3O2/c1-12(2)16-9-22-10-17(23-16)18(24)8-13-3-4-14(7-15(13)20)19-11-21-5-6-25-19/h3-4,7,9-10,12,19,21H,5-6,8,11H2,1-2H3/t19-/m1/s1. The van der Waals surface area contributed by atoms with Gasteiger partial charge in [0.2, 0.25) is 0 Å². The van der Waals surface area contributed by atoms with Crippen LogP contribution in [0.1, 0.15) is 53.2 Å². The van der Waals surface area contributed by atoms with Crippen molar-refractivity contribution in [2.75, 3.05) is 19.7 Å². The van der Waals surface area contributed by atoms with Gasteiger partial charge in [0, 0.05) is 25.7 Å². The van der Waals surface area contributed by atoms with Gasteiger partial charge in [0.15, 0.2) is 5.78 Å². The van der Waals surface area contributed by atoms with Crippen LogP contribution in [0.4, 0.5) is 4.39 Å². The fourth-order valence-electron chi connectivity index (χ4n) is 2.74. The van der Waals surface area contributed by atoms with Crippen LogP contribution in [-0.2, 0) is 11.2 Å². The third kappa shape index (κ3) is 4.27. The van der Waals surface area contributed by atoms with E-state index in [1.165, 1.54) is 12.3 Å². The molecule has 1 atom stereocenters. The fourth-order valence-corrected chi connectivity index (χ4v) is 2.74. The highest BCUT2D eigenvalue weighted by atomic mass is 19.1. The van der Waals surface area contributed by atoms with Crippen molar-refractivity contribution in [2.45, 2.75) is 32.3 Å². The van der Waals surface area contributed by atoms with Crippen LogP contribution >= 0.6 is 0 Å². The van der Waals surface area contributed by atoms with Crippen molar-refractivity contribution in [2.24, 2.45) is 0 Å². The molecular formula is C19H22FN3O2. The number of hydrogen-bond acceptors (Lipinski definition) is 5. The Bertz CT molecular complexity index is 758. The maximum absolute atomic E-state index is 14.4. The Kier molecular flexibility index (Phi) is 5.50. The van der Waals surface area contributed by atoms with Crippen LogP contribution in [0.3, 0.4) is 0 Å². The number of ether oxygens (including phenoxy) is 1. The second-order valence-electron chi connectivity index (χ2n) is 6.50. The molecule has 1 aliphatic rings. The van der Waals surface area contributed by atoms with Crippen LogP contribution in [0.15, 0.2) is 30.6 Å². The molecule has 1 saturated heterocycles. The Balaban J connectivity index is 1.74. The molecule has 25 heavy (non-hydrogen) atoms. The van der Waals surface area contributed by atoms with Crippen molar-refractivity contribution in [1.29, 1.82) is 0 Å². The average molecular weight is 343 g/mol. The molecule has 0 saturated carbocycles. The zero-order valence-electron chi connectivity index (χ0n) is 14.5. The Morgan fingerprint density at radius 1 is 1.40 bits per heavy atom. The minimum atomic E-state index is -0.395. The summed E-state index contributed by atoms with van der Waals surface area (Å²) in [6.07, 6.45) is 2.89. The normalized spacial score (nSPS) is 17.7. The summed E-state index contributed by atoms with van der Waals surface area (Å²) in [6.45, 7) is 6.05. The van der Waals surface area contributed by atoms with E-state index in [0.717, 1.165) is 17.8 Å². The number of hydrogen-bond donors (Lipinski definition) is 1. The first kappa shape index (κ1) is 17.6. The number of benzene rings is 1. The number of morpholine rings is 1. The van der Waals surface area contributed by atoms with Crippen molar-refractivity contribution in [3.8, 4) is 0 Å². The molecule has 1 aromatic carbocycles. The van der Waals surface area contributed by atoms with E-state index in [-0.39, 0.29) is 29.9 Å². The lowest BCUT2D eigenvalue weighted by atomic mass is 10.0. The Hall–Kier alpha value is -2.18. The topological polar surface area (TPSA) is 64.1 Å². The summed E-state index contributed by atoms with van der Waals surface area (Å²) < 4.78 is 20.1. The first-order valence-electron chi connectivity index (χ1n) is 8.50. The largest absolute Gasteiger partial charge is 0.371 e. The Morgan fingerprint density at radius 2 is 2.24 bits per heavy atom. The summed E-state index contributed by atoms with van der Waals surface area (Å²) in [5, 5.41) is 3.22. The first-order valence-corrected chi connectivity index (χ1v) is 8.50. The molecule has 1 aliphatic heterocycles. The lowest BCUT2D eigenvalue weighted by molar-refractivity contribution is 0.0275. The van der Waals surface area contributed by atoms with E-state index in [1.807, 2.05) is 19.9 Å². The molecule has 2 heterocycles. The predicted octanol–water partition coefficient (Wildman–Crippen LogP) is 2.83.